The topological polar surface area (TPSA) is 105 Å². The van der Waals surface area contributed by atoms with Gasteiger partial charge in [-0.1, -0.05) is 75.7 Å². The van der Waals surface area contributed by atoms with Crippen LogP contribution in [0.25, 0.3) is 11.1 Å². The van der Waals surface area contributed by atoms with Crippen molar-refractivity contribution in [2.45, 2.75) is 58.0 Å². The van der Waals surface area contributed by atoms with Crippen LogP contribution >= 0.6 is 0 Å². The van der Waals surface area contributed by atoms with Gasteiger partial charge in [0.1, 0.15) is 18.7 Å². The van der Waals surface area contributed by atoms with Crippen LogP contribution in [0.1, 0.15) is 57.1 Å². The molecular weight excluding hydrogens is 420 g/mol. The Bertz CT molecular complexity index is 958. The largest absolute Gasteiger partial charge is 0.480 e. The van der Waals surface area contributed by atoms with E-state index in [-0.39, 0.29) is 18.4 Å². The molecule has 0 bridgehead atoms. The molecule has 0 saturated carbocycles. The smallest absolute Gasteiger partial charge is 0.407 e. The molecule has 2 amide bonds. The number of hydrogen-bond donors (Lipinski definition) is 3. The summed E-state index contributed by atoms with van der Waals surface area (Å²) >= 11 is 0. The zero-order valence-corrected chi connectivity index (χ0v) is 19.3. The van der Waals surface area contributed by atoms with E-state index >= 15 is 0 Å². The second-order valence-electron chi connectivity index (χ2n) is 8.84. The Morgan fingerprint density at radius 1 is 0.939 bits per heavy atom. The van der Waals surface area contributed by atoms with E-state index < -0.39 is 30.1 Å². The first-order valence-corrected chi connectivity index (χ1v) is 11.5. The molecule has 3 rings (SSSR count). The van der Waals surface area contributed by atoms with Crippen molar-refractivity contribution in [3.63, 3.8) is 0 Å². The maximum Gasteiger partial charge on any atom is 0.407 e. The third kappa shape index (κ3) is 5.92. The van der Waals surface area contributed by atoms with Crippen molar-refractivity contribution in [3.8, 4) is 11.1 Å². The van der Waals surface area contributed by atoms with Crippen LogP contribution < -0.4 is 10.6 Å². The van der Waals surface area contributed by atoms with Gasteiger partial charge in [0.2, 0.25) is 5.91 Å². The van der Waals surface area contributed by atoms with Gasteiger partial charge >= 0.3 is 12.1 Å². The SMILES string of the molecule is CCCC(NC(=O)OCC1c2ccccc2-c2ccccc21)C(=O)N[C@H](CC(C)C)C(=O)O. The fourth-order valence-electron chi connectivity index (χ4n) is 4.31. The Hall–Kier alpha value is -3.35. The van der Waals surface area contributed by atoms with Crippen LogP contribution in [-0.4, -0.2) is 41.8 Å². The number of aliphatic carboxylic acids is 1. The van der Waals surface area contributed by atoms with Gasteiger partial charge in [0, 0.05) is 5.92 Å². The van der Waals surface area contributed by atoms with Gasteiger partial charge in [-0.15, -0.1) is 0 Å². The van der Waals surface area contributed by atoms with Gasteiger partial charge in [0.15, 0.2) is 0 Å². The third-order valence-electron chi connectivity index (χ3n) is 5.85. The molecule has 3 N–H and O–H groups in total. The minimum atomic E-state index is -1.09. The van der Waals surface area contributed by atoms with Crippen molar-refractivity contribution in [2.24, 2.45) is 5.92 Å². The lowest BCUT2D eigenvalue weighted by Gasteiger charge is -2.22. The van der Waals surface area contributed by atoms with Crippen molar-refractivity contribution >= 4 is 18.0 Å². The number of hydrogen-bond acceptors (Lipinski definition) is 4. The predicted octanol–water partition coefficient (Wildman–Crippen LogP) is 4.31. The Balaban J connectivity index is 1.64. The van der Waals surface area contributed by atoms with Gasteiger partial charge in [-0.3, -0.25) is 4.79 Å². The Kier molecular flexibility index (Phi) is 8.09. The van der Waals surface area contributed by atoms with Crippen LogP contribution in [0.5, 0.6) is 0 Å². The first-order valence-electron chi connectivity index (χ1n) is 11.5. The fourth-order valence-corrected chi connectivity index (χ4v) is 4.31. The lowest BCUT2D eigenvalue weighted by molar-refractivity contribution is -0.142. The number of alkyl carbamates (subject to hydrolysis) is 1. The first-order chi connectivity index (χ1) is 15.8. The molecule has 0 spiro atoms. The predicted molar refractivity (Wildman–Crippen MR) is 126 cm³/mol. The number of carboxylic acids is 1. The zero-order valence-electron chi connectivity index (χ0n) is 19.3. The summed E-state index contributed by atoms with van der Waals surface area (Å²) in [5, 5.41) is 14.6. The van der Waals surface area contributed by atoms with E-state index in [0.29, 0.717) is 19.3 Å². The summed E-state index contributed by atoms with van der Waals surface area (Å²) in [5.41, 5.74) is 4.48. The standard InChI is InChI=1S/C26H32N2O5/c1-4-9-22(24(29)27-23(25(30)31)14-16(2)3)28-26(32)33-15-21-19-12-7-5-10-17(19)18-11-6-8-13-20(18)21/h5-8,10-13,16,21-23H,4,9,14-15H2,1-3H3,(H,27,29)(H,28,32)(H,30,31)/t22?,23-/m1/s1. The van der Waals surface area contributed by atoms with E-state index in [2.05, 4.69) is 22.8 Å². The van der Waals surface area contributed by atoms with Crippen LogP contribution in [0.15, 0.2) is 48.5 Å². The summed E-state index contributed by atoms with van der Waals surface area (Å²) in [5.74, 6) is -1.58. The Morgan fingerprint density at radius 2 is 1.52 bits per heavy atom. The van der Waals surface area contributed by atoms with E-state index in [1.54, 1.807) is 0 Å². The molecule has 0 fully saturated rings. The highest BCUT2D eigenvalue weighted by Crippen LogP contribution is 2.44. The van der Waals surface area contributed by atoms with E-state index in [0.717, 1.165) is 22.3 Å². The van der Waals surface area contributed by atoms with E-state index in [4.69, 9.17) is 4.74 Å². The van der Waals surface area contributed by atoms with Gasteiger partial charge in [-0.25, -0.2) is 9.59 Å². The summed E-state index contributed by atoms with van der Waals surface area (Å²) in [6.07, 6.45) is 0.639. The van der Waals surface area contributed by atoms with Crippen LogP contribution in [0.4, 0.5) is 4.79 Å². The number of ether oxygens (including phenoxy) is 1. The number of nitrogens with one attached hydrogen (secondary N) is 2. The van der Waals surface area contributed by atoms with Gasteiger partial charge in [0.05, 0.1) is 0 Å². The van der Waals surface area contributed by atoms with Gasteiger partial charge in [-0.05, 0) is 41.0 Å². The third-order valence-corrected chi connectivity index (χ3v) is 5.85. The van der Waals surface area contributed by atoms with Crippen molar-refractivity contribution in [1.29, 1.82) is 0 Å². The normalized spacial score (nSPS) is 14.2. The highest BCUT2D eigenvalue weighted by atomic mass is 16.5. The minimum Gasteiger partial charge on any atom is -0.480 e. The van der Waals surface area contributed by atoms with Crippen LogP contribution in [0.3, 0.4) is 0 Å². The molecule has 1 aliphatic carbocycles. The molecule has 0 aliphatic heterocycles. The number of amides is 2. The average Bonchev–Trinajstić information content (AvgIpc) is 3.10. The van der Waals surface area contributed by atoms with Crippen LogP contribution in [-0.2, 0) is 14.3 Å². The first kappa shape index (κ1) is 24.3. The van der Waals surface area contributed by atoms with Crippen molar-refractivity contribution in [1.82, 2.24) is 10.6 Å². The molecule has 33 heavy (non-hydrogen) atoms. The number of benzene rings is 2. The van der Waals surface area contributed by atoms with E-state index in [1.165, 1.54) is 0 Å². The summed E-state index contributed by atoms with van der Waals surface area (Å²) < 4.78 is 5.54. The molecule has 2 atom stereocenters. The highest BCUT2D eigenvalue weighted by molar-refractivity contribution is 5.89. The number of rotatable bonds is 10. The zero-order chi connectivity index (χ0) is 24.0. The molecular formula is C26H32N2O5. The number of carbonyl (C=O) groups is 3. The van der Waals surface area contributed by atoms with Crippen molar-refractivity contribution in [3.05, 3.63) is 59.7 Å². The monoisotopic (exact) mass is 452 g/mol. The van der Waals surface area contributed by atoms with Gasteiger partial charge in [0.25, 0.3) is 0 Å². The van der Waals surface area contributed by atoms with Crippen LogP contribution in [0.2, 0.25) is 0 Å². The molecule has 2 aromatic carbocycles. The molecule has 7 heteroatoms. The number of carboxylic acid groups (broad SMARTS) is 1. The minimum absolute atomic E-state index is 0.0796. The second-order valence-corrected chi connectivity index (χ2v) is 8.84. The van der Waals surface area contributed by atoms with Crippen molar-refractivity contribution < 1.29 is 24.2 Å². The van der Waals surface area contributed by atoms with E-state index in [9.17, 15) is 19.5 Å². The van der Waals surface area contributed by atoms with Crippen molar-refractivity contribution in [2.75, 3.05) is 6.61 Å². The van der Waals surface area contributed by atoms with E-state index in [1.807, 2.05) is 57.2 Å². The maximum atomic E-state index is 12.7. The van der Waals surface area contributed by atoms with Crippen LogP contribution in [0, 0.1) is 5.92 Å². The number of carbonyl (C=O) groups excluding carboxylic acids is 2. The summed E-state index contributed by atoms with van der Waals surface area (Å²) in [4.78, 5) is 36.8. The molecule has 7 nitrogen and oxygen atoms in total. The fraction of sp³-hybridized carbons (Fsp3) is 0.423. The molecule has 0 radical (unpaired) electrons. The van der Waals surface area contributed by atoms with Gasteiger partial charge in [-0.2, -0.15) is 0 Å². The summed E-state index contributed by atoms with van der Waals surface area (Å²) in [6, 6.07) is 14.3. The summed E-state index contributed by atoms with van der Waals surface area (Å²) in [6.45, 7) is 5.81. The molecule has 0 heterocycles. The lowest BCUT2D eigenvalue weighted by Crippen LogP contribution is -2.52. The molecule has 1 unspecified atom stereocenters. The molecule has 0 aromatic heterocycles. The summed E-state index contributed by atoms with van der Waals surface area (Å²) in [7, 11) is 0. The van der Waals surface area contributed by atoms with Gasteiger partial charge < -0.3 is 20.5 Å². The Labute approximate surface area is 194 Å². The maximum absolute atomic E-state index is 12.7. The average molecular weight is 453 g/mol. The molecule has 176 valence electrons. The number of fused-ring (bicyclic) bond motifs is 3. The highest BCUT2D eigenvalue weighted by Gasteiger charge is 2.30. The molecule has 2 aromatic rings. The molecule has 1 aliphatic rings. The quantitative estimate of drug-likeness (QED) is 0.498. The second kappa shape index (κ2) is 11.0. The lowest BCUT2D eigenvalue weighted by atomic mass is 9.98. The molecule has 0 saturated heterocycles. The Morgan fingerprint density at radius 3 is 2.03 bits per heavy atom.